The summed E-state index contributed by atoms with van der Waals surface area (Å²) in [7, 11) is 0. The summed E-state index contributed by atoms with van der Waals surface area (Å²) in [6.07, 6.45) is 4.73. The molecule has 0 aliphatic carbocycles. The highest BCUT2D eigenvalue weighted by molar-refractivity contribution is 5.81. The second kappa shape index (κ2) is 7.73. The maximum atomic E-state index is 11.7. The molecule has 2 N–H and O–H groups in total. The van der Waals surface area contributed by atoms with E-state index >= 15 is 0 Å². The number of carbonyl (C=O) groups is 1. The predicted molar refractivity (Wildman–Crippen MR) is 80.1 cm³/mol. The molecule has 1 saturated heterocycles. The van der Waals surface area contributed by atoms with Crippen molar-refractivity contribution in [2.45, 2.75) is 38.1 Å². The van der Waals surface area contributed by atoms with Crippen LogP contribution in [0.1, 0.15) is 31.2 Å². The first kappa shape index (κ1) is 15.4. The van der Waals surface area contributed by atoms with Gasteiger partial charge in [-0.3, -0.25) is 14.9 Å². The Hall–Kier alpha value is -1.95. The Bertz CT molecular complexity index is 481. The fourth-order valence-corrected chi connectivity index (χ4v) is 2.48. The highest BCUT2D eigenvalue weighted by Gasteiger charge is 2.20. The molecule has 2 rings (SSSR count). The number of nitrogens with one attached hydrogen (secondary N) is 2. The summed E-state index contributed by atoms with van der Waals surface area (Å²) in [5.74, 6) is 0.0998. The van der Waals surface area contributed by atoms with E-state index in [1.165, 1.54) is 12.1 Å². The molecule has 0 spiro atoms. The summed E-state index contributed by atoms with van der Waals surface area (Å²) in [5, 5.41) is 16.7. The highest BCUT2D eigenvalue weighted by atomic mass is 16.6. The van der Waals surface area contributed by atoms with E-state index in [0.717, 1.165) is 44.2 Å². The van der Waals surface area contributed by atoms with E-state index in [9.17, 15) is 14.9 Å². The van der Waals surface area contributed by atoms with Crippen molar-refractivity contribution in [2.24, 2.45) is 0 Å². The molecule has 0 saturated carbocycles. The molecule has 0 aromatic heterocycles. The third-order valence-electron chi connectivity index (χ3n) is 3.72. The molecule has 1 heterocycles. The largest absolute Gasteiger partial charge is 0.355 e. The van der Waals surface area contributed by atoms with Crippen LogP contribution in [0.3, 0.4) is 0 Å². The second-order valence-electron chi connectivity index (χ2n) is 5.32. The van der Waals surface area contributed by atoms with Gasteiger partial charge in [-0.15, -0.1) is 0 Å². The first-order valence-corrected chi connectivity index (χ1v) is 7.41. The third-order valence-corrected chi connectivity index (χ3v) is 3.72. The SMILES string of the molecule is O=C(NCCCCc1ccc([N+](=O)[O-])cc1)C1CCCN1. The van der Waals surface area contributed by atoms with Gasteiger partial charge in [-0.25, -0.2) is 0 Å². The van der Waals surface area contributed by atoms with Crippen molar-refractivity contribution in [3.63, 3.8) is 0 Å². The summed E-state index contributed by atoms with van der Waals surface area (Å²) in [5.41, 5.74) is 1.21. The molecule has 1 amide bonds. The fraction of sp³-hybridized carbons (Fsp3) is 0.533. The maximum Gasteiger partial charge on any atom is 0.269 e. The van der Waals surface area contributed by atoms with Gasteiger partial charge in [-0.1, -0.05) is 12.1 Å². The first-order chi connectivity index (χ1) is 10.2. The summed E-state index contributed by atoms with van der Waals surface area (Å²) >= 11 is 0. The summed E-state index contributed by atoms with van der Waals surface area (Å²) in [6.45, 7) is 1.61. The van der Waals surface area contributed by atoms with Gasteiger partial charge in [0.1, 0.15) is 0 Å². The van der Waals surface area contributed by atoms with Gasteiger partial charge in [-0.2, -0.15) is 0 Å². The van der Waals surface area contributed by atoms with Gasteiger partial charge in [0, 0.05) is 18.7 Å². The zero-order chi connectivity index (χ0) is 15.1. The third kappa shape index (κ3) is 4.82. The number of amides is 1. The maximum absolute atomic E-state index is 11.7. The average Bonchev–Trinajstić information content (AvgIpc) is 3.01. The molecule has 1 aliphatic heterocycles. The lowest BCUT2D eigenvalue weighted by atomic mass is 10.1. The van der Waals surface area contributed by atoms with Crippen LogP contribution in [0.25, 0.3) is 0 Å². The zero-order valence-electron chi connectivity index (χ0n) is 12.0. The number of non-ortho nitro benzene ring substituents is 1. The smallest absolute Gasteiger partial charge is 0.269 e. The molecule has 0 bridgehead atoms. The number of hydrogen-bond donors (Lipinski definition) is 2. The Labute approximate surface area is 124 Å². The van der Waals surface area contributed by atoms with Gasteiger partial charge in [0.2, 0.25) is 5.91 Å². The van der Waals surface area contributed by atoms with Crippen molar-refractivity contribution >= 4 is 11.6 Å². The Morgan fingerprint density at radius 2 is 2.10 bits per heavy atom. The van der Waals surface area contributed by atoms with E-state index in [1.54, 1.807) is 12.1 Å². The predicted octanol–water partition coefficient (Wildman–Crippen LogP) is 1.79. The molecule has 1 atom stereocenters. The number of hydrogen-bond acceptors (Lipinski definition) is 4. The summed E-state index contributed by atoms with van der Waals surface area (Å²) in [4.78, 5) is 21.9. The standard InChI is InChI=1S/C15H21N3O3/c19-15(14-5-3-11-16-14)17-10-2-1-4-12-6-8-13(9-7-12)18(20)21/h6-9,14,16H,1-5,10-11H2,(H,17,19). The van der Waals surface area contributed by atoms with Crippen LogP contribution in [0.15, 0.2) is 24.3 Å². The van der Waals surface area contributed by atoms with Gasteiger partial charge >= 0.3 is 0 Å². The number of nitro benzene ring substituents is 1. The Morgan fingerprint density at radius 3 is 2.71 bits per heavy atom. The minimum Gasteiger partial charge on any atom is -0.355 e. The Balaban J connectivity index is 1.61. The van der Waals surface area contributed by atoms with Gasteiger partial charge in [-0.05, 0) is 44.2 Å². The minimum atomic E-state index is -0.392. The molecule has 6 heteroatoms. The molecule has 114 valence electrons. The lowest BCUT2D eigenvalue weighted by molar-refractivity contribution is -0.384. The molecule has 1 unspecified atom stereocenters. The van der Waals surface area contributed by atoms with Crippen molar-refractivity contribution in [3.05, 3.63) is 39.9 Å². The minimum absolute atomic E-state index is 0.0142. The van der Waals surface area contributed by atoms with Crippen molar-refractivity contribution in [2.75, 3.05) is 13.1 Å². The quantitative estimate of drug-likeness (QED) is 0.455. The van der Waals surface area contributed by atoms with Crippen LogP contribution in [0.2, 0.25) is 0 Å². The van der Waals surface area contributed by atoms with E-state index in [2.05, 4.69) is 10.6 Å². The molecule has 21 heavy (non-hydrogen) atoms. The van der Waals surface area contributed by atoms with Gasteiger partial charge in [0.15, 0.2) is 0 Å². The van der Waals surface area contributed by atoms with E-state index in [-0.39, 0.29) is 17.6 Å². The fourth-order valence-electron chi connectivity index (χ4n) is 2.48. The van der Waals surface area contributed by atoms with Crippen molar-refractivity contribution in [3.8, 4) is 0 Å². The van der Waals surface area contributed by atoms with Gasteiger partial charge in [0.05, 0.1) is 11.0 Å². The van der Waals surface area contributed by atoms with E-state index in [1.807, 2.05) is 0 Å². The molecular weight excluding hydrogens is 270 g/mol. The Morgan fingerprint density at radius 1 is 1.33 bits per heavy atom. The number of rotatable bonds is 7. The van der Waals surface area contributed by atoms with E-state index < -0.39 is 4.92 Å². The highest BCUT2D eigenvalue weighted by Crippen LogP contribution is 2.13. The number of nitro groups is 1. The van der Waals surface area contributed by atoms with Gasteiger partial charge < -0.3 is 10.6 Å². The number of carbonyl (C=O) groups excluding carboxylic acids is 1. The number of benzene rings is 1. The second-order valence-corrected chi connectivity index (χ2v) is 5.32. The molecule has 1 fully saturated rings. The molecule has 1 aromatic carbocycles. The number of aryl methyl sites for hydroxylation is 1. The summed E-state index contributed by atoms with van der Waals surface area (Å²) in [6, 6.07) is 6.63. The van der Waals surface area contributed by atoms with Crippen molar-refractivity contribution in [1.82, 2.24) is 10.6 Å². The molecular formula is C15H21N3O3. The lowest BCUT2D eigenvalue weighted by Crippen LogP contribution is -2.40. The molecule has 6 nitrogen and oxygen atoms in total. The van der Waals surface area contributed by atoms with Crippen LogP contribution in [0.4, 0.5) is 5.69 Å². The molecule has 0 radical (unpaired) electrons. The first-order valence-electron chi connectivity index (χ1n) is 7.41. The summed E-state index contributed by atoms with van der Waals surface area (Å²) < 4.78 is 0. The van der Waals surface area contributed by atoms with Gasteiger partial charge in [0.25, 0.3) is 5.69 Å². The van der Waals surface area contributed by atoms with Crippen LogP contribution >= 0.6 is 0 Å². The number of nitrogens with zero attached hydrogens (tertiary/aromatic N) is 1. The zero-order valence-corrected chi connectivity index (χ0v) is 12.0. The van der Waals surface area contributed by atoms with Crippen LogP contribution in [0.5, 0.6) is 0 Å². The van der Waals surface area contributed by atoms with Crippen molar-refractivity contribution < 1.29 is 9.72 Å². The topological polar surface area (TPSA) is 84.3 Å². The van der Waals surface area contributed by atoms with E-state index in [0.29, 0.717) is 6.54 Å². The number of unbranched alkanes of at least 4 members (excludes halogenated alkanes) is 1. The monoisotopic (exact) mass is 291 g/mol. The van der Waals surface area contributed by atoms with E-state index in [4.69, 9.17) is 0 Å². The molecule has 1 aromatic rings. The molecule has 1 aliphatic rings. The Kier molecular flexibility index (Phi) is 5.68. The van der Waals surface area contributed by atoms with Crippen LogP contribution in [0, 0.1) is 10.1 Å². The average molecular weight is 291 g/mol. The lowest BCUT2D eigenvalue weighted by Gasteiger charge is -2.10. The van der Waals surface area contributed by atoms with Crippen molar-refractivity contribution in [1.29, 1.82) is 0 Å². The van der Waals surface area contributed by atoms with Crippen LogP contribution < -0.4 is 10.6 Å². The normalized spacial score (nSPS) is 17.6. The van der Waals surface area contributed by atoms with Crippen LogP contribution in [-0.2, 0) is 11.2 Å². The van der Waals surface area contributed by atoms with Crippen LogP contribution in [-0.4, -0.2) is 30.0 Å².